The summed E-state index contributed by atoms with van der Waals surface area (Å²) in [5.41, 5.74) is -3.99. The molecule has 0 bridgehead atoms. The first-order valence-electron chi connectivity index (χ1n) is 3.75. The summed E-state index contributed by atoms with van der Waals surface area (Å²) >= 11 is 0. The molecule has 0 saturated carbocycles. The second kappa shape index (κ2) is 4.47. The third-order valence-corrected chi connectivity index (χ3v) is 1.94. The molecule has 17 heavy (non-hydrogen) atoms. The van der Waals surface area contributed by atoms with Crippen LogP contribution in [0, 0.1) is 11.3 Å². The molecule has 0 aromatic heterocycles. The Bertz CT molecular complexity index is 357. The van der Waals surface area contributed by atoms with Gasteiger partial charge in [-0.15, -0.1) is 0 Å². The van der Waals surface area contributed by atoms with E-state index in [1.54, 1.807) is 0 Å². The van der Waals surface area contributed by atoms with Crippen LogP contribution in [0.5, 0.6) is 0 Å². The Hall–Kier alpha value is -2.65. The Balaban J connectivity index is 6.17. The zero-order valence-electron chi connectivity index (χ0n) is 7.85. The van der Waals surface area contributed by atoms with Gasteiger partial charge in [0.15, 0.2) is 5.92 Å². The summed E-state index contributed by atoms with van der Waals surface area (Å²) in [6.07, 6.45) is 0. The van der Waals surface area contributed by atoms with Crippen molar-refractivity contribution < 1.29 is 49.5 Å². The van der Waals surface area contributed by atoms with Crippen molar-refractivity contribution in [2.75, 3.05) is 0 Å². The highest BCUT2D eigenvalue weighted by molar-refractivity contribution is 6.22. The predicted octanol–water partition coefficient (Wildman–Crippen LogP) is -1.99. The van der Waals surface area contributed by atoms with E-state index >= 15 is 0 Å². The van der Waals surface area contributed by atoms with Gasteiger partial charge in [0.25, 0.3) is 5.41 Å². The van der Waals surface area contributed by atoms with E-state index in [1.165, 1.54) is 0 Å². The van der Waals surface area contributed by atoms with Crippen LogP contribution in [0.1, 0.15) is 0 Å². The summed E-state index contributed by atoms with van der Waals surface area (Å²) < 4.78 is 0. The second-order valence-electron chi connectivity index (χ2n) is 2.83. The standard InChI is InChI=1S/C7H6O10/c8-2(9)1(3(10)11)7(4(12)13,5(14)15)6(16)17/h1H,(H,8,9)(H,10,11)(H,12,13)(H,14,15)(H,16,17). The van der Waals surface area contributed by atoms with Crippen molar-refractivity contribution in [3.05, 3.63) is 0 Å². The van der Waals surface area contributed by atoms with E-state index in [-0.39, 0.29) is 0 Å². The summed E-state index contributed by atoms with van der Waals surface area (Å²) in [7, 11) is 0. The molecule has 0 aliphatic heterocycles. The van der Waals surface area contributed by atoms with Gasteiger partial charge in [-0.2, -0.15) is 0 Å². The molecule has 94 valence electrons. The molecule has 0 aromatic rings. The number of aliphatic carboxylic acids is 5. The smallest absolute Gasteiger partial charge is 0.334 e. The molecule has 0 aliphatic carbocycles. The van der Waals surface area contributed by atoms with Crippen LogP contribution < -0.4 is 0 Å². The lowest BCUT2D eigenvalue weighted by atomic mass is 9.75. The maximum atomic E-state index is 10.7. The van der Waals surface area contributed by atoms with Crippen LogP contribution in [0.15, 0.2) is 0 Å². The van der Waals surface area contributed by atoms with Crippen molar-refractivity contribution in [2.45, 2.75) is 0 Å². The van der Waals surface area contributed by atoms with Crippen LogP contribution in [0.4, 0.5) is 0 Å². The van der Waals surface area contributed by atoms with Crippen molar-refractivity contribution >= 4 is 29.8 Å². The monoisotopic (exact) mass is 250 g/mol. The summed E-state index contributed by atoms with van der Waals surface area (Å²) in [5.74, 6) is -15.7. The number of hydrogen-bond acceptors (Lipinski definition) is 5. The second-order valence-corrected chi connectivity index (χ2v) is 2.83. The highest BCUT2D eigenvalue weighted by Crippen LogP contribution is 2.30. The van der Waals surface area contributed by atoms with E-state index in [2.05, 4.69) is 0 Å². The summed E-state index contributed by atoms with van der Waals surface area (Å²) in [6.45, 7) is 0. The fourth-order valence-corrected chi connectivity index (χ4v) is 1.12. The van der Waals surface area contributed by atoms with E-state index in [9.17, 15) is 24.0 Å². The molecule has 5 N–H and O–H groups in total. The normalized spacial score (nSPS) is 10.9. The molecule has 0 heterocycles. The molecule has 0 unspecified atom stereocenters. The lowest BCUT2D eigenvalue weighted by molar-refractivity contribution is -0.190. The van der Waals surface area contributed by atoms with Crippen LogP contribution >= 0.6 is 0 Å². The van der Waals surface area contributed by atoms with Crippen molar-refractivity contribution in [1.29, 1.82) is 0 Å². The minimum Gasteiger partial charge on any atom is -0.481 e. The van der Waals surface area contributed by atoms with Gasteiger partial charge in [0, 0.05) is 0 Å². The number of carbonyl (C=O) groups is 5. The molecule has 0 amide bonds. The maximum absolute atomic E-state index is 10.7. The minimum absolute atomic E-state index is 2.38. The summed E-state index contributed by atoms with van der Waals surface area (Å²) in [4.78, 5) is 53.1. The largest absolute Gasteiger partial charge is 0.481 e. The fourth-order valence-electron chi connectivity index (χ4n) is 1.12. The Morgan fingerprint density at radius 3 is 0.941 bits per heavy atom. The Morgan fingerprint density at radius 2 is 0.882 bits per heavy atom. The van der Waals surface area contributed by atoms with Crippen LogP contribution in [-0.4, -0.2) is 55.4 Å². The molecule has 0 spiro atoms. The van der Waals surface area contributed by atoms with Crippen LogP contribution in [-0.2, 0) is 24.0 Å². The van der Waals surface area contributed by atoms with E-state index in [0.29, 0.717) is 0 Å². The number of rotatable bonds is 6. The molecule has 0 saturated heterocycles. The maximum Gasteiger partial charge on any atom is 0.334 e. The molecule has 0 atom stereocenters. The number of carboxylic acids is 5. The van der Waals surface area contributed by atoms with Crippen molar-refractivity contribution in [3.8, 4) is 0 Å². The Morgan fingerprint density at radius 1 is 0.647 bits per heavy atom. The van der Waals surface area contributed by atoms with Crippen LogP contribution in [0.3, 0.4) is 0 Å². The van der Waals surface area contributed by atoms with E-state index in [4.69, 9.17) is 25.5 Å². The lowest BCUT2D eigenvalue weighted by Gasteiger charge is -2.23. The van der Waals surface area contributed by atoms with Gasteiger partial charge in [0.1, 0.15) is 0 Å². The number of hydrogen-bond donors (Lipinski definition) is 5. The van der Waals surface area contributed by atoms with Gasteiger partial charge in [-0.25, -0.2) is 0 Å². The van der Waals surface area contributed by atoms with Gasteiger partial charge in [-0.05, 0) is 0 Å². The minimum atomic E-state index is -3.99. The van der Waals surface area contributed by atoms with Gasteiger partial charge in [-0.3, -0.25) is 24.0 Å². The van der Waals surface area contributed by atoms with Crippen LogP contribution in [0.25, 0.3) is 0 Å². The molecule has 10 nitrogen and oxygen atoms in total. The first-order valence-corrected chi connectivity index (χ1v) is 3.75. The molecule has 10 heteroatoms. The molecule has 0 rings (SSSR count). The van der Waals surface area contributed by atoms with Crippen molar-refractivity contribution in [2.24, 2.45) is 11.3 Å². The molecule has 0 fully saturated rings. The van der Waals surface area contributed by atoms with Gasteiger partial charge in [-0.1, -0.05) is 0 Å². The fraction of sp³-hybridized carbons (Fsp3) is 0.286. The van der Waals surface area contributed by atoms with Gasteiger partial charge >= 0.3 is 29.8 Å². The van der Waals surface area contributed by atoms with E-state index in [1.807, 2.05) is 0 Å². The summed E-state index contributed by atoms with van der Waals surface area (Å²) in [6, 6.07) is 0. The average Bonchev–Trinajstić information content (AvgIpc) is 2.09. The SMILES string of the molecule is O=C(O)C(C(=O)O)C(C(=O)O)(C(=O)O)C(=O)O. The van der Waals surface area contributed by atoms with Crippen molar-refractivity contribution in [3.63, 3.8) is 0 Å². The Kier molecular flexibility index (Phi) is 3.77. The quantitative estimate of drug-likeness (QED) is 0.330. The van der Waals surface area contributed by atoms with Crippen molar-refractivity contribution in [1.82, 2.24) is 0 Å². The zero-order chi connectivity index (χ0) is 14.0. The molecule has 0 aliphatic rings. The van der Waals surface area contributed by atoms with Gasteiger partial charge in [0.2, 0.25) is 0 Å². The third-order valence-electron chi connectivity index (χ3n) is 1.94. The average molecular weight is 250 g/mol. The predicted molar refractivity (Wildman–Crippen MR) is 44.1 cm³/mol. The highest BCUT2D eigenvalue weighted by Gasteiger charge is 2.66. The Labute approximate surface area is 91.7 Å². The molecular formula is C7H6O10. The van der Waals surface area contributed by atoms with Gasteiger partial charge in [0.05, 0.1) is 0 Å². The molecule has 0 radical (unpaired) electrons. The lowest BCUT2D eigenvalue weighted by Crippen LogP contribution is -2.57. The number of carboxylic acid groups (broad SMARTS) is 5. The highest BCUT2D eigenvalue weighted by atomic mass is 16.4. The molecular weight excluding hydrogens is 244 g/mol. The first-order chi connectivity index (χ1) is 7.59. The van der Waals surface area contributed by atoms with E-state index in [0.717, 1.165) is 0 Å². The van der Waals surface area contributed by atoms with Crippen LogP contribution in [0.2, 0.25) is 0 Å². The zero-order valence-corrected chi connectivity index (χ0v) is 7.85. The van der Waals surface area contributed by atoms with Gasteiger partial charge < -0.3 is 25.5 Å². The third kappa shape index (κ3) is 2.00. The molecule has 0 aromatic carbocycles. The topological polar surface area (TPSA) is 186 Å². The summed E-state index contributed by atoms with van der Waals surface area (Å²) in [5, 5.41) is 42.5. The first kappa shape index (κ1) is 14.3. The van der Waals surface area contributed by atoms with E-state index < -0.39 is 41.2 Å².